The molecule has 7 nitrogen and oxygen atoms in total. The van der Waals surface area contributed by atoms with Crippen molar-refractivity contribution >= 4 is 36.8 Å². The highest BCUT2D eigenvalue weighted by Crippen LogP contribution is 2.32. The van der Waals surface area contributed by atoms with Gasteiger partial charge in [0, 0.05) is 26.2 Å². The molecule has 2 aromatic heterocycles. The van der Waals surface area contributed by atoms with E-state index in [9.17, 15) is 8.42 Å². The molecule has 116 valence electrons. The Balaban J connectivity index is 1.72. The first-order valence-electron chi connectivity index (χ1n) is 6.86. The molecular formula is C12H19N5O2S2. The van der Waals surface area contributed by atoms with E-state index in [1.165, 1.54) is 6.26 Å². The number of anilines is 1. The van der Waals surface area contributed by atoms with Gasteiger partial charge in [0.05, 0.1) is 16.6 Å². The molecule has 1 aliphatic rings. The average Bonchev–Trinajstić information content (AvgIpc) is 2.92. The molecule has 1 aliphatic heterocycles. The van der Waals surface area contributed by atoms with E-state index >= 15 is 0 Å². The summed E-state index contributed by atoms with van der Waals surface area (Å²) in [6.07, 6.45) is 2.82. The molecule has 0 aliphatic carbocycles. The fourth-order valence-corrected chi connectivity index (χ4v) is 4.63. The molecule has 21 heavy (non-hydrogen) atoms. The number of rotatable bonds is 3. The maximum atomic E-state index is 11.3. The molecule has 0 radical (unpaired) electrons. The third-order valence-corrected chi connectivity index (χ3v) is 5.65. The van der Waals surface area contributed by atoms with Crippen molar-refractivity contribution in [3.8, 4) is 0 Å². The average molecular weight is 329 g/mol. The summed E-state index contributed by atoms with van der Waals surface area (Å²) >= 11 is 1.66. The predicted molar refractivity (Wildman–Crippen MR) is 84.3 cm³/mol. The third-order valence-electron chi connectivity index (χ3n) is 3.68. The van der Waals surface area contributed by atoms with E-state index in [0.717, 1.165) is 47.1 Å². The van der Waals surface area contributed by atoms with E-state index < -0.39 is 10.0 Å². The van der Waals surface area contributed by atoms with E-state index in [-0.39, 0.29) is 6.04 Å². The van der Waals surface area contributed by atoms with Gasteiger partial charge in [-0.25, -0.2) is 22.8 Å². The lowest BCUT2D eigenvalue weighted by Crippen LogP contribution is -2.44. The zero-order chi connectivity index (χ0) is 15.2. The van der Waals surface area contributed by atoms with Crippen LogP contribution in [0, 0.1) is 6.92 Å². The summed E-state index contributed by atoms with van der Waals surface area (Å²) in [4.78, 5) is 6.89. The fourth-order valence-electron chi connectivity index (χ4n) is 2.70. The van der Waals surface area contributed by atoms with Crippen molar-refractivity contribution in [2.45, 2.75) is 25.8 Å². The molecule has 0 amide bonds. The number of fused-ring (bicyclic) bond motifs is 1. The number of nitrogens with zero attached hydrogens (tertiary/aromatic N) is 4. The number of hydrogen-bond acceptors (Lipinski definition) is 6. The molecule has 0 aromatic carbocycles. The van der Waals surface area contributed by atoms with Crippen LogP contribution in [0.2, 0.25) is 0 Å². The van der Waals surface area contributed by atoms with E-state index in [1.54, 1.807) is 11.3 Å². The Labute approximate surface area is 128 Å². The molecule has 0 spiro atoms. The van der Waals surface area contributed by atoms with Gasteiger partial charge in [0.1, 0.15) is 0 Å². The number of aryl methyl sites for hydroxylation is 2. The van der Waals surface area contributed by atoms with Gasteiger partial charge in [-0.3, -0.25) is 0 Å². The summed E-state index contributed by atoms with van der Waals surface area (Å²) in [5.74, 6) is 0. The quantitative estimate of drug-likeness (QED) is 0.903. The van der Waals surface area contributed by atoms with Gasteiger partial charge < -0.3 is 4.90 Å². The van der Waals surface area contributed by atoms with Gasteiger partial charge in [0.15, 0.2) is 10.8 Å². The number of aromatic nitrogens is 3. The number of nitrogens with one attached hydrogen (secondary N) is 1. The summed E-state index contributed by atoms with van der Waals surface area (Å²) in [5.41, 5.74) is 1.92. The van der Waals surface area contributed by atoms with Gasteiger partial charge >= 0.3 is 0 Å². The summed E-state index contributed by atoms with van der Waals surface area (Å²) in [6.45, 7) is 3.63. The maximum Gasteiger partial charge on any atom is 0.208 e. The molecule has 0 unspecified atom stereocenters. The van der Waals surface area contributed by atoms with Gasteiger partial charge in [-0.15, -0.1) is 0 Å². The van der Waals surface area contributed by atoms with Crippen molar-refractivity contribution in [2.75, 3.05) is 24.2 Å². The van der Waals surface area contributed by atoms with Crippen molar-refractivity contribution in [1.29, 1.82) is 0 Å². The van der Waals surface area contributed by atoms with Crippen molar-refractivity contribution < 1.29 is 8.42 Å². The zero-order valence-electron chi connectivity index (χ0n) is 12.3. The second kappa shape index (κ2) is 5.22. The number of hydrogen-bond donors (Lipinski definition) is 1. The fraction of sp³-hybridized carbons (Fsp3) is 0.667. The molecule has 0 bridgehead atoms. The second-order valence-electron chi connectivity index (χ2n) is 5.51. The first kappa shape index (κ1) is 14.7. The smallest absolute Gasteiger partial charge is 0.208 e. The Morgan fingerprint density at radius 2 is 2.00 bits per heavy atom. The predicted octanol–water partition coefficient (Wildman–Crippen LogP) is 0.856. The van der Waals surface area contributed by atoms with Gasteiger partial charge in [-0.1, -0.05) is 11.3 Å². The van der Waals surface area contributed by atoms with Crippen LogP contribution in [0.15, 0.2) is 0 Å². The minimum atomic E-state index is -3.12. The SMILES string of the molecule is Cc1nn(C)c2nc(N3CCC(NS(C)(=O)=O)CC3)sc12. The minimum absolute atomic E-state index is 0.0361. The normalized spacial score (nSPS) is 17.8. The van der Waals surface area contributed by atoms with Crippen LogP contribution in [0.1, 0.15) is 18.5 Å². The maximum absolute atomic E-state index is 11.3. The summed E-state index contributed by atoms with van der Waals surface area (Å²) in [6, 6.07) is 0.0361. The number of thiazole rings is 1. The molecule has 3 heterocycles. The lowest BCUT2D eigenvalue weighted by molar-refractivity contribution is 0.461. The highest BCUT2D eigenvalue weighted by Gasteiger charge is 2.24. The van der Waals surface area contributed by atoms with Crippen LogP contribution in [0.3, 0.4) is 0 Å². The van der Waals surface area contributed by atoms with Crippen LogP contribution in [0.5, 0.6) is 0 Å². The van der Waals surface area contributed by atoms with Gasteiger partial charge in [0.2, 0.25) is 10.0 Å². The second-order valence-corrected chi connectivity index (χ2v) is 8.27. The molecule has 0 atom stereocenters. The molecule has 9 heteroatoms. The molecule has 1 saturated heterocycles. The topological polar surface area (TPSA) is 80.1 Å². The van der Waals surface area contributed by atoms with Crippen LogP contribution in [-0.2, 0) is 17.1 Å². The minimum Gasteiger partial charge on any atom is -0.348 e. The first-order valence-corrected chi connectivity index (χ1v) is 9.56. The van der Waals surface area contributed by atoms with Gasteiger partial charge in [-0.05, 0) is 19.8 Å². The van der Waals surface area contributed by atoms with Crippen LogP contribution < -0.4 is 9.62 Å². The molecule has 0 saturated carbocycles. The van der Waals surface area contributed by atoms with Crippen LogP contribution in [0.4, 0.5) is 5.13 Å². The highest BCUT2D eigenvalue weighted by molar-refractivity contribution is 7.88. The first-order chi connectivity index (χ1) is 9.83. The summed E-state index contributed by atoms with van der Waals surface area (Å²) in [7, 11) is -1.22. The van der Waals surface area contributed by atoms with E-state index in [2.05, 4.69) is 19.7 Å². The lowest BCUT2D eigenvalue weighted by atomic mass is 10.1. The third kappa shape index (κ3) is 3.04. The van der Waals surface area contributed by atoms with Gasteiger partial charge in [-0.2, -0.15) is 5.10 Å². The Bertz CT molecular complexity index is 722. The molecule has 1 fully saturated rings. The van der Waals surface area contributed by atoms with Gasteiger partial charge in [0.25, 0.3) is 0 Å². The molecule has 2 aromatic rings. The largest absolute Gasteiger partial charge is 0.348 e. The molecule has 3 rings (SSSR count). The van der Waals surface area contributed by atoms with E-state index in [0.29, 0.717) is 0 Å². The Kier molecular flexibility index (Phi) is 3.66. The summed E-state index contributed by atoms with van der Waals surface area (Å²) in [5, 5.41) is 5.36. The Hall–Kier alpha value is -1.19. The Morgan fingerprint density at radius 1 is 1.33 bits per heavy atom. The van der Waals surface area contributed by atoms with E-state index in [1.807, 2.05) is 18.7 Å². The van der Waals surface area contributed by atoms with Crippen molar-refractivity contribution in [1.82, 2.24) is 19.5 Å². The number of piperidine rings is 1. The highest BCUT2D eigenvalue weighted by atomic mass is 32.2. The number of sulfonamides is 1. The molecule has 1 N–H and O–H groups in total. The van der Waals surface area contributed by atoms with Crippen molar-refractivity contribution in [3.63, 3.8) is 0 Å². The molecular weight excluding hydrogens is 310 g/mol. The van der Waals surface area contributed by atoms with Crippen LogP contribution in [-0.4, -0.2) is 48.6 Å². The van der Waals surface area contributed by atoms with Crippen LogP contribution >= 0.6 is 11.3 Å². The van der Waals surface area contributed by atoms with Crippen molar-refractivity contribution in [3.05, 3.63) is 5.69 Å². The Morgan fingerprint density at radius 3 is 2.57 bits per heavy atom. The van der Waals surface area contributed by atoms with E-state index in [4.69, 9.17) is 0 Å². The van der Waals surface area contributed by atoms with Crippen molar-refractivity contribution in [2.24, 2.45) is 7.05 Å². The zero-order valence-corrected chi connectivity index (χ0v) is 14.0. The monoisotopic (exact) mass is 329 g/mol. The summed E-state index contributed by atoms with van der Waals surface area (Å²) < 4.78 is 28.1. The lowest BCUT2D eigenvalue weighted by Gasteiger charge is -2.31. The standard InChI is InChI=1S/C12H19N5O2S2/c1-8-10-11(16(2)14-8)13-12(20-10)17-6-4-9(5-7-17)15-21(3,18)19/h9,15H,4-7H2,1-3H3. The van der Waals surface area contributed by atoms with Crippen LogP contribution in [0.25, 0.3) is 10.3 Å².